The predicted molar refractivity (Wildman–Crippen MR) is 68.4 cm³/mol. The van der Waals surface area contributed by atoms with Gasteiger partial charge in [-0.15, -0.1) is 0 Å². The third kappa shape index (κ3) is 2.81. The van der Waals surface area contributed by atoms with Crippen molar-refractivity contribution in [3.05, 3.63) is 25.1 Å². The van der Waals surface area contributed by atoms with Crippen molar-refractivity contribution in [1.82, 2.24) is 0 Å². The maximum Gasteiger partial charge on any atom is 0.197 e. The van der Waals surface area contributed by atoms with Crippen molar-refractivity contribution in [2.75, 3.05) is 0 Å². The van der Waals surface area contributed by atoms with Crippen molar-refractivity contribution < 1.29 is 9.84 Å². The first-order valence-electron chi connectivity index (χ1n) is 4.26. The molecule has 0 saturated heterocycles. The Kier molecular flexibility index (Phi) is 5.30. The van der Waals surface area contributed by atoms with E-state index in [-0.39, 0.29) is 30.9 Å². The first kappa shape index (κ1) is 14.5. The lowest BCUT2D eigenvalue weighted by Crippen LogP contribution is -2.14. The standard InChI is InChI=1S/C9H7Cl5O2/c1-2-3(15)16-9-7(13)5(11)4(10)6(12)8(9)14/h3,15H,2H2,1H3. The van der Waals surface area contributed by atoms with Gasteiger partial charge in [0.1, 0.15) is 10.0 Å². The molecule has 0 spiro atoms. The maximum atomic E-state index is 9.35. The van der Waals surface area contributed by atoms with Crippen LogP contribution >= 0.6 is 58.0 Å². The summed E-state index contributed by atoms with van der Waals surface area (Å²) < 4.78 is 5.11. The van der Waals surface area contributed by atoms with E-state index in [9.17, 15) is 5.11 Å². The molecule has 1 aromatic carbocycles. The van der Waals surface area contributed by atoms with Crippen LogP contribution in [0.2, 0.25) is 25.1 Å². The molecule has 0 heterocycles. The first-order valence-corrected chi connectivity index (χ1v) is 6.15. The Labute approximate surface area is 118 Å². The number of halogens is 5. The molecule has 0 saturated carbocycles. The van der Waals surface area contributed by atoms with E-state index in [0.717, 1.165) is 0 Å². The maximum absolute atomic E-state index is 9.35. The molecule has 0 amide bonds. The molecule has 1 N–H and O–H groups in total. The highest BCUT2D eigenvalue weighted by Crippen LogP contribution is 2.48. The van der Waals surface area contributed by atoms with Gasteiger partial charge >= 0.3 is 0 Å². The zero-order valence-corrected chi connectivity index (χ0v) is 11.8. The van der Waals surface area contributed by atoms with Gasteiger partial charge in [-0.3, -0.25) is 0 Å². The van der Waals surface area contributed by atoms with Crippen LogP contribution < -0.4 is 4.74 Å². The van der Waals surface area contributed by atoms with Gasteiger partial charge in [-0.1, -0.05) is 64.9 Å². The zero-order chi connectivity index (χ0) is 12.5. The van der Waals surface area contributed by atoms with Crippen LogP contribution in [-0.4, -0.2) is 11.4 Å². The van der Waals surface area contributed by atoms with Crippen LogP contribution in [0.15, 0.2) is 0 Å². The summed E-state index contributed by atoms with van der Waals surface area (Å²) in [5.74, 6) is 0.0251. The molecule has 1 aromatic rings. The molecule has 2 nitrogen and oxygen atoms in total. The summed E-state index contributed by atoms with van der Waals surface area (Å²) in [6, 6.07) is 0. The molecule has 1 rings (SSSR count). The van der Waals surface area contributed by atoms with Gasteiger partial charge in [0.05, 0.1) is 15.1 Å². The van der Waals surface area contributed by atoms with Crippen molar-refractivity contribution in [2.24, 2.45) is 0 Å². The van der Waals surface area contributed by atoms with E-state index in [2.05, 4.69) is 0 Å². The summed E-state index contributed by atoms with van der Waals surface area (Å²) in [4.78, 5) is 0. The highest BCUT2D eigenvalue weighted by Gasteiger charge is 2.21. The normalized spacial score (nSPS) is 12.7. The number of aliphatic hydroxyl groups is 1. The number of ether oxygens (including phenoxy) is 1. The van der Waals surface area contributed by atoms with Gasteiger partial charge in [-0.05, 0) is 0 Å². The van der Waals surface area contributed by atoms with Gasteiger partial charge in [-0.25, -0.2) is 0 Å². The van der Waals surface area contributed by atoms with E-state index in [0.29, 0.717) is 6.42 Å². The topological polar surface area (TPSA) is 29.5 Å². The van der Waals surface area contributed by atoms with Crippen LogP contribution in [0.4, 0.5) is 0 Å². The Balaban J connectivity index is 3.28. The van der Waals surface area contributed by atoms with Gasteiger partial charge in [0.15, 0.2) is 12.0 Å². The number of benzene rings is 1. The van der Waals surface area contributed by atoms with Crippen molar-refractivity contribution >= 4 is 58.0 Å². The summed E-state index contributed by atoms with van der Waals surface area (Å²) in [6.07, 6.45) is -0.673. The summed E-state index contributed by atoms with van der Waals surface area (Å²) in [5.41, 5.74) is 0. The van der Waals surface area contributed by atoms with E-state index in [1.54, 1.807) is 6.92 Å². The van der Waals surface area contributed by atoms with E-state index in [1.165, 1.54) is 0 Å². The minimum absolute atomic E-state index is 0.0218. The zero-order valence-electron chi connectivity index (χ0n) is 8.03. The van der Waals surface area contributed by atoms with Crippen LogP contribution in [0.1, 0.15) is 13.3 Å². The second kappa shape index (κ2) is 5.85. The fraction of sp³-hybridized carbons (Fsp3) is 0.333. The van der Waals surface area contributed by atoms with Gasteiger partial charge in [0.2, 0.25) is 0 Å². The average molecular weight is 324 g/mol. The largest absolute Gasteiger partial charge is 0.462 e. The molecule has 0 fully saturated rings. The molecule has 0 aliphatic carbocycles. The molecular formula is C9H7Cl5O2. The smallest absolute Gasteiger partial charge is 0.197 e. The minimum Gasteiger partial charge on any atom is -0.462 e. The Morgan fingerprint density at radius 1 is 0.938 bits per heavy atom. The third-order valence-corrected chi connectivity index (χ3v) is 4.01. The number of hydrogen-bond acceptors (Lipinski definition) is 2. The van der Waals surface area contributed by atoms with Gasteiger partial charge in [0.25, 0.3) is 0 Å². The number of aliphatic hydroxyl groups excluding tert-OH is 1. The molecule has 1 atom stereocenters. The summed E-state index contributed by atoms with van der Waals surface area (Å²) in [5, 5.41) is 9.52. The molecule has 0 radical (unpaired) electrons. The lowest BCUT2D eigenvalue weighted by Gasteiger charge is -2.16. The molecule has 0 bridgehead atoms. The van der Waals surface area contributed by atoms with Crippen LogP contribution in [-0.2, 0) is 0 Å². The van der Waals surface area contributed by atoms with Crippen molar-refractivity contribution in [3.8, 4) is 5.75 Å². The van der Waals surface area contributed by atoms with Crippen LogP contribution in [0, 0.1) is 0 Å². The highest BCUT2D eigenvalue weighted by atomic mass is 35.5. The number of hydrogen-bond donors (Lipinski definition) is 1. The Morgan fingerprint density at radius 2 is 1.31 bits per heavy atom. The molecule has 0 aliphatic rings. The lowest BCUT2D eigenvalue weighted by molar-refractivity contribution is -0.0189. The van der Waals surface area contributed by atoms with E-state index >= 15 is 0 Å². The SMILES string of the molecule is CCC(O)Oc1c(Cl)c(Cl)c(Cl)c(Cl)c1Cl. The quantitative estimate of drug-likeness (QED) is 0.478. The van der Waals surface area contributed by atoms with Crippen molar-refractivity contribution in [1.29, 1.82) is 0 Å². The van der Waals surface area contributed by atoms with Crippen molar-refractivity contribution in [2.45, 2.75) is 19.6 Å². The van der Waals surface area contributed by atoms with Crippen LogP contribution in [0.5, 0.6) is 5.75 Å². The van der Waals surface area contributed by atoms with E-state index < -0.39 is 6.29 Å². The second-order valence-corrected chi connectivity index (χ2v) is 4.77. The molecule has 90 valence electrons. The molecular weight excluding hydrogens is 317 g/mol. The summed E-state index contributed by atoms with van der Waals surface area (Å²) in [7, 11) is 0. The third-order valence-electron chi connectivity index (χ3n) is 1.77. The van der Waals surface area contributed by atoms with Crippen LogP contribution in [0.3, 0.4) is 0 Å². The van der Waals surface area contributed by atoms with E-state index in [1.807, 2.05) is 0 Å². The van der Waals surface area contributed by atoms with Gasteiger partial charge < -0.3 is 9.84 Å². The summed E-state index contributed by atoms with van der Waals surface area (Å²) in [6.45, 7) is 1.73. The molecule has 1 unspecified atom stereocenters. The van der Waals surface area contributed by atoms with Crippen molar-refractivity contribution in [3.63, 3.8) is 0 Å². The Hall–Kier alpha value is 0.430. The fourth-order valence-electron chi connectivity index (χ4n) is 0.908. The van der Waals surface area contributed by atoms with E-state index in [4.69, 9.17) is 62.7 Å². The predicted octanol–water partition coefficient (Wildman–Crippen LogP) is 5.06. The van der Waals surface area contributed by atoms with Gasteiger partial charge in [-0.2, -0.15) is 0 Å². The first-order chi connectivity index (χ1) is 7.40. The van der Waals surface area contributed by atoms with Crippen LogP contribution in [0.25, 0.3) is 0 Å². The molecule has 0 aromatic heterocycles. The number of rotatable bonds is 3. The second-order valence-electron chi connectivity index (χ2n) is 2.88. The van der Waals surface area contributed by atoms with Gasteiger partial charge in [0, 0.05) is 6.42 Å². The Morgan fingerprint density at radius 3 is 1.69 bits per heavy atom. The Bertz CT molecular complexity index is 378. The lowest BCUT2D eigenvalue weighted by atomic mass is 10.3. The monoisotopic (exact) mass is 322 g/mol. The average Bonchev–Trinajstić information content (AvgIpc) is 2.29. The highest BCUT2D eigenvalue weighted by molar-refractivity contribution is 6.55. The molecule has 7 heteroatoms. The molecule has 16 heavy (non-hydrogen) atoms. The minimum atomic E-state index is -1.04. The summed E-state index contributed by atoms with van der Waals surface area (Å²) >= 11 is 29.2. The molecule has 0 aliphatic heterocycles. The fourth-order valence-corrected chi connectivity index (χ4v) is 2.12.